The number of carboxylic acids is 1. The molecule has 9 atom stereocenters. The normalized spacial score (nSPS) is 41.3. The highest BCUT2D eigenvalue weighted by atomic mass is 32.2. The SMILES string of the molecule is C=C(C)[C@@H]1CC[C@]2(CNCCCN3CCS(=C)(=O)CC3)CC[C@]3(C)[C@H](CC[C@@H]4[C@@]5(C)CCN(C(=O)CC(C)(C)CC(=O)O)C(C)(C)[C@@H]5CC[C@]43C)[C@@H]12. The zero-order valence-electron chi connectivity index (χ0n) is 34.4. The van der Waals surface area contributed by atoms with Crippen molar-refractivity contribution in [3.63, 3.8) is 0 Å². The summed E-state index contributed by atoms with van der Waals surface area (Å²) in [5.41, 5.74) is 1.67. The Kier molecular flexibility index (Phi) is 10.8. The molecule has 7 nitrogen and oxygen atoms in total. The predicted octanol–water partition coefficient (Wildman–Crippen LogP) is 7.74. The Labute approximate surface area is 317 Å². The Hall–Kier alpha value is -1.38. The van der Waals surface area contributed by atoms with Gasteiger partial charge in [0.25, 0.3) is 0 Å². The van der Waals surface area contributed by atoms with Gasteiger partial charge < -0.3 is 20.2 Å². The molecule has 6 fully saturated rings. The molecular formula is C44H75N3O4S. The number of likely N-dealkylation sites (tertiary alicyclic amines) is 1. The molecule has 0 aromatic rings. The number of amides is 1. The lowest BCUT2D eigenvalue weighted by Gasteiger charge is -2.73. The van der Waals surface area contributed by atoms with Gasteiger partial charge in [0.1, 0.15) is 0 Å². The van der Waals surface area contributed by atoms with Crippen LogP contribution in [0.25, 0.3) is 0 Å². The standard InChI is InChI=1S/C44H75N3O4S/c1-31(2)32-14-17-44(30-45-21-11-22-46-24-26-52(10,51)27-25-46)19-18-42(8)33(38(32)44)12-13-35-41(7)20-23-47(36(48)28-39(3,4)29-37(49)50)40(5,6)34(41)15-16-43(35,42)9/h32-35,38,45H,1,10-30H2,2-9H3,(H,49,50)/t32-,33+,34-,35+,38+,41-,42+,43+,44+/m0/s1. The van der Waals surface area contributed by atoms with Crippen LogP contribution < -0.4 is 5.32 Å². The number of fused-ring (bicyclic) bond motifs is 7. The van der Waals surface area contributed by atoms with Crippen molar-refractivity contribution in [1.82, 2.24) is 15.1 Å². The maximum absolute atomic E-state index is 13.9. The molecule has 6 rings (SSSR count). The topological polar surface area (TPSA) is 90.0 Å². The predicted molar refractivity (Wildman–Crippen MR) is 216 cm³/mol. The van der Waals surface area contributed by atoms with E-state index >= 15 is 0 Å². The van der Waals surface area contributed by atoms with Gasteiger partial charge in [-0.05, 0) is 170 Å². The van der Waals surface area contributed by atoms with Gasteiger partial charge in [0.2, 0.25) is 5.91 Å². The van der Waals surface area contributed by atoms with Gasteiger partial charge in [-0.3, -0.25) is 13.8 Å². The first-order valence-corrected chi connectivity index (χ1v) is 23.1. The molecular weight excluding hydrogens is 667 g/mol. The molecule has 296 valence electrons. The van der Waals surface area contributed by atoms with Crippen LogP contribution >= 0.6 is 0 Å². The van der Waals surface area contributed by atoms with Crippen molar-refractivity contribution < 1.29 is 18.9 Å². The van der Waals surface area contributed by atoms with Crippen molar-refractivity contribution in [2.45, 2.75) is 138 Å². The van der Waals surface area contributed by atoms with Gasteiger partial charge in [-0.15, -0.1) is 0 Å². The number of carbonyl (C=O) groups is 2. The van der Waals surface area contributed by atoms with Gasteiger partial charge in [0.05, 0.1) is 6.42 Å². The summed E-state index contributed by atoms with van der Waals surface area (Å²) in [6.45, 7) is 29.3. The minimum absolute atomic E-state index is 0.0144. The number of carbonyl (C=O) groups excluding carboxylic acids is 1. The van der Waals surface area contributed by atoms with E-state index in [1.807, 2.05) is 13.8 Å². The van der Waals surface area contributed by atoms with Gasteiger partial charge in [-0.2, -0.15) is 0 Å². The van der Waals surface area contributed by atoms with E-state index in [0.29, 0.717) is 35.0 Å². The lowest BCUT2D eigenvalue weighted by Crippen LogP contribution is -2.70. The van der Waals surface area contributed by atoms with Crippen LogP contribution in [0, 0.1) is 56.7 Å². The largest absolute Gasteiger partial charge is 0.481 e. The zero-order valence-corrected chi connectivity index (χ0v) is 35.2. The highest BCUT2D eigenvalue weighted by molar-refractivity contribution is 8.00. The summed E-state index contributed by atoms with van der Waals surface area (Å²) in [6, 6.07) is 0. The first kappa shape index (κ1) is 40.3. The van der Waals surface area contributed by atoms with E-state index in [1.165, 1.54) is 50.5 Å². The second-order valence-corrected chi connectivity index (χ2v) is 23.9. The van der Waals surface area contributed by atoms with Crippen molar-refractivity contribution in [1.29, 1.82) is 0 Å². The number of allylic oxidation sites excluding steroid dienone is 1. The number of piperidine rings is 1. The van der Waals surface area contributed by atoms with Crippen LogP contribution in [0.2, 0.25) is 0 Å². The van der Waals surface area contributed by atoms with Crippen molar-refractivity contribution >= 4 is 27.3 Å². The molecule has 0 spiro atoms. The van der Waals surface area contributed by atoms with Crippen LogP contribution in [0.3, 0.4) is 0 Å². The molecule has 2 saturated heterocycles. The number of rotatable bonds is 11. The van der Waals surface area contributed by atoms with Crippen LogP contribution in [0.1, 0.15) is 132 Å². The van der Waals surface area contributed by atoms with Gasteiger partial charge >= 0.3 is 5.97 Å². The number of aliphatic carboxylic acids is 1. The smallest absolute Gasteiger partial charge is 0.303 e. The molecule has 2 heterocycles. The average molecular weight is 742 g/mol. The molecule has 4 saturated carbocycles. The molecule has 0 aromatic heterocycles. The quantitative estimate of drug-likeness (QED) is 0.128. The van der Waals surface area contributed by atoms with E-state index < -0.39 is 20.9 Å². The Balaban J connectivity index is 1.17. The fourth-order valence-electron chi connectivity index (χ4n) is 14.5. The number of hydrogen-bond donors (Lipinski definition) is 2. The summed E-state index contributed by atoms with van der Waals surface area (Å²) >= 11 is 0. The fraction of sp³-hybridized carbons (Fsp3) is 0.886. The summed E-state index contributed by atoms with van der Waals surface area (Å²) in [7, 11) is -1.84. The monoisotopic (exact) mass is 742 g/mol. The maximum Gasteiger partial charge on any atom is 0.303 e. The summed E-state index contributed by atoms with van der Waals surface area (Å²) in [5.74, 6) is 7.83. The van der Waals surface area contributed by atoms with Crippen molar-refractivity contribution in [3.8, 4) is 0 Å². The van der Waals surface area contributed by atoms with Crippen molar-refractivity contribution in [3.05, 3.63) is 12.2 Å². The van der Waals surface area contributed by atoms with Crippen molar-refractivity contribution in [2.24, 2.45) is 56.7 Å². The molecule has 4 aliphatic carbocycles. The van der Waals surface area contributed by atoms with E-state index in [2.05, 4.69) is 69.1 Å². The summed E-state index contributed by atoms with van der Waals surface area (Å²) in [5, 5.41) is 13.5. The maximum atomic E-state index is 13.9. The van der Waals surface area contributed by atoms with Crippen LogP contribution in [0.4, 0.5) is 0 Å². The number of hydrogen-bond acceptors (Lipinski definition) is 5. The minimum Gasteiger partial charge on any atom is -0.481 e. The zero-order chi connectivity index (χ0) is 38.1. The number of nitrogens with zero attached hydrogens (tertiary/aromatic N) is 2. The van der Waals surface area contributed by atoms with Crippen LogP contribution in [0.5, 0.6) is 0 Å². The molecule has 1 amide bonds. The second-order valence-electron chi connectivity index (χ2n) is 21.2. The Morgan fingerprint density at radius 1 is 0.885 bits per heavy atom. The lowest BCUT2D eigenvalue weighted by atomic mass is 9.33. The third-order valence-electron chi connectivity index (χ3n) is 17.4. The van der Waals surface area contributed by atoms with E-state index in [-0.39, 0.29) is 40.5 Å². The second kappa shape index (κ2) is 14.0. The van der Waals surface area contributed by atoms with Crippen LogP contribution in [0.15, 0.2) is 12.2 Å². The third-order valence-corrected chi connectivity index (χ3v) is 19.2. The summed E-state index contributed by atoms with van der Waals surface area (Å²) in [4.78, 5) is 30.1. The lowest BCUT2D eigenvalue weighted by molar-refractivity contribution is -0.241. The van der Waals surface area contributed by atoms with Gasteiger partial charge in [0, 0.05) is 49.6 Å². The van der Waals surface area contributed by atoms with Crippen molar-refractivity contribution in [2.75, 3.05) is 50.8 Å². The first-order chi connectivity index (χ1) is 24.1. The highest BCUT2D eigenvalue weighted by Gasteiger charge is 2.71. The highest BCUT2D eigenvalue weighted by Crippen LogP contribution is 2.76. The summed E-state index contributed by atoms with van der Waals surface area (Å²) in [6.07, 6.45) is 12.7. The van der Waals surface area contributed by atoms with Gasteiger partial charge in [0.15, 0.2) is 0 Å². The average Bonchev–Trinajstić information content (AvgIpc) is 3.41. The molecule has 0 radical (unpaired) electrons. The van der Waals surface area contributed by atoms with E-state index in [0.717, 1.165) is 70.0 Å². The van der Waals surface area contributed by atoms with E-state index in [1.54, 1.807) is 0 Å². The van der Waals surface area contributed by atoms with Gasteiger partial charge in [-0.1, -0.05) is 46.8 Å². The first-order valence-electron chi connectivity index (χ1n) is 21.0. The van der Waals surface area contributed by atoms with Gasteiger partial charge in [-0.25, -0.2) is 0 Å². The minimum atomic E-state index is -1.84. The molecule has 2 aliphatic heterocycles. The Bertz CT molecular complexity index is 1490. The summed E-state index contributed by atoms with van der Waals surface area (Å²) < 4.78 is 12.3. The molecule has 0 bridgehead atoms. The fourth-order valence-corrected chi connectivity index (χ4v) is 15.9. The van der Waals surface area contributed by atoms with E-state index in [9.17, 15) is 18.9 Å². The molecule has 8 heteroatoms. The number of carboxylic acid groups (broad SMARTS) is 1. The van der Waals surface area contributed by atoms with Crippen LogP contribution in [-0.4, -0.2) is 93.2 Å². The number of nitrogens with one attached hydrogen (secondary N) is 1. The molecule has 52 heavy (non-hydrogen) atoms. The molecule has 6 aliphatic rings. The third kappa shape index (κ3) is 6.88. The van der Waals surface area contributed by atoms with E-state index in [4.69, 9.17) is 0 Å². The molecule has 0 aromatic carbocycles. The van der Waals surface area contributed by atoms with Crippen LogP contribution in [-0.2, 0) is 19.1 Å². The Morgan fingerprint density at radius 2 is 1.58 bits per heavy atom. The molecule has 0 unspecified atom stereocenters. The molecule has 2 N–H and O–H groups in total. The Morgan fingerprint density at radius 3 is 2.23 bits per heavy atom.